The van der Waals surface area contributed by atoms with Gasteiger partial charge in [0.15, 0.2) is 11.6 Å². The molecule has 3 heterocycles. The Morgan fingerprint density at radius 1 is 0.795 bits per heavy atom. The average Bonchev–Trinajstić information content (AvgIpc) is 3.45. The van der Waals surface area contributed by atoms with Crippen molar-refractivity contribution in [3.8, 4) is 0 Å². The zero-order chi connectivity index (χ0) is 26.7. The Morgan fingerprint density at radius 2 is 1.44 bits per heavy atom. The largest absolute Gasteiger partial charge is 0.352 e. The zero-order valence-corrected chi connectivity index (χ0v) is 21.5. The highest BCUT2D eigenvalue weighted by atomic mass is 35.5. The Bertz CT molecular complexity index is 1680. The van der Waals surface area contributed by atoms with Gasteiger partial charge in [-0.1, -0.05) is 103 Å². The maximum Gasteiger partial charge on any atom is 0.238 e. The third-order valence-corrected chi connectivity index (χ3v) is 8.50. The van der Waals surface area contributed by atoms with Crippen LogP contribution in [0.25, 0.3) is 6.08 Å². The van der Waals surface area contributed by atoms with Crippen LogP contribution in [0.5, 0.6) is 0 Å². The van der Waals surface area contributed by atoms with E-state index in [4.69, 9.17) is 11.6 Å². The zero-order valence-electron chi connectivity index (χ0n) is 20.8. The van der Waals surface area contributed by atoms with Gasteiger partial charge in [0.25, 0.3) is 0 Å². The highest BCUT2D eigenvalue weighted by Crippen LogP contribution is 2.58. The normalized spacial score (nSPS) is 24.2. The molecule has 6 heteroatoms. The fraction of sp³-hybridized carbons (Fsp3) is 0.121. The molecule has 0 saturated carbocycles. The van der Waals surface area contributed by atoms with Crippen LogP contribution in [0.2, 0.25) is 5.02 Å². The molecule has 7 rings (SSSR count). The molecule has 4 aromatic carbocycles. The van der Waals surface area contributed by atoms with E-state index in [2.05, 4.69) is 5.32 Å². The molecule has 5 nitrogen and oxygen atoms in total. The highest BCUT2D eigenvalue weighted by Gasteiger charge is 2.70. The molecule has 0 aliphatic carbocycles. The molecule has 0 aromatic heterocycles. The predicted molar refractivity (Wildman–Crippen MR) is 152 cm³/mol. The van der Waals surface area contributed by atoms with Crippen LogP contribution in [-0.4, -0.2) is 29.6 Å². The predicted octanol–water partition coefficient (Wildman–Crippen LogP) is 6.20. The maximum absolute atomic E-state index is 14.6. The number of carbonyl (C=O) groups is 3. The van der Waals surface area contributed by atoms with Crippen LogP contribution < -0.4 is 10.2 Å². The van der Waals surface area contributed by atoms with Crippen molar-refractivity contribution < 1.29 is 14.4 Å². The minimum Gasteiger partial charge on any atom is -0.352 e. The first-order chi connectivity index (χ1) is 19.0. The van der Waals surface area contributed by atoms with Gasteiger partial charge in [0.1, 0.15) is 11.5 Å². The number of amides is 1. The van der Waals surface area contributed by atoms with E-state index in [1.165, 1.54) is 0 Å². The van der Waals surface area contributed by atoms with Gasteiger partial charge in [-0.2, -0.15) is 0 Å². The van der Waals surface area contributed by atoms with Crippen molar-refractivity contribution in [2.75, 3.05) is 10.2 Å². The van der Waals surface area contributed by atoms with Crippen LogP contribution in [0, 0.1) is 5.92 Å². The first kappa shape index (κ1) is 23.6. The number of halogens is 1. The molecule has 3 aliphatic heterocycles. The van der Waals surface area contributed by atoms with E-state index in [9.17, 15) is 14.4 Å². The molecule has 39 heavy (non-hydrogen) atoms. The summed E-state index contributed by atoms with van der Waals surface area (Å²) in [5, 5.41) is 3.61. The minimum absolute atomic E-state index is 0.208. The van der Waals surface area contributed by atoms with E-state index in [0.29, 0.717) is 21.8 Å². The standard InChI is InChI=1S/C33H23ClN2O3/c34-23-16-17-26-22(19-23)15-18-27-33(24-13-7-8-14-25(24)35-32(33)39)28(30(37)20-9-3-1-4-10-20)29(36(26)27)31(38)21-11-5-2-6-12-21/h1-19,27-29H,(H,35,39)/t27-,28-,29+,33+/m1/s1. The molecule has 1 amide bonds. The molecule has 4 atom stereocenters. The number of nitrogens with zero attached hydrogens (tertiary/aromatic N) is 1. The first-order valence-corrected chi connectivity index (χ1v) is 13.2. The minimum atomic E-state index is -1.33. The van der Waals surface area contributed by atoms with E-state index < -0.39 is 23.4 Å². The number of rotatable bonds is 4. The van der Waals surface area contributed by atoms with Gasteiger partial charge >= 0.3 is 0 Å². The van der Waals surface area contributed by atoms with Gasteiger partial charge in [-0.05, 0) is 35.4 Å². The molecule has 1 N–H and O–H groups in total. The molecule has 0 bridgehead atoms. The molecule has 4 aromatic rings. The molecular formula is C33H23ClN2O3. The summed E-state index contributed by atoms with van der Waals surface area (Å²) in [4.78, 5) is 45.4. The number of hydrogen-bond acceptors (Lipinski definition) is 4. The number of carbonyl (C=O) groups excluding carboxylic acids is 3. The van der Waals surface area contributed by atoms with Crippen molar-refractivity contribution in [1.29, 1.82) is 0 Å². The van der Waals surface area contributed by atoms with Gasteiger partial charge in [-0.3, -0.25) is 14.4 Å². The quantitative estimate of drug-likeness (QED) is 0.319. The SMILES string of the molecule is O=C(c1ccccc1)[C@@H]1[C@H](C(=O)c2ccccc2)[C@@]2(C(=O)Nc3ccccc32)[C@H]2C=Cc3cc(Cl)ccc3N12. The van der Waals surface area contributed by atoms with Crippen LogP contribution in [-0.2, 0) is 10.2 Å². The summed E-state index contributed by atoms with van der Waals surface area (Å²) >= 11 is 6.35. The summed E-state index contributed by atoms with van der Waals surface area (Å²) < 4.78 is 0. The highest BCUT2D eigenvalue weighted by molar-refractivity contribution is 6.31. The second-order valence-electron chi connectivity index (χ2n) is 10.2. The number of hydrogen-bond donors (Lipinski definition) is 1. The van der Waals surface area contributed by atoms with Crippen LogP contribution in [0.1, 0.15) is 31.8 Å². The van der Waals surface area contributed by atoms with E-state index in [-0.39, 0.29) is 17.5 Å². The smallest absolute Gasteiger partial charge is 0.238 e. The number of para-hydroxylation sites is 1. The average molecular weight is 531 g/mol. The summed E-state index contributed by atoms with van der Waals surface area (Å²) in [5.41, 5.74) is 2.61. The second-order valence-corrected chi connectivity index (χ2v) is 10.6. The number of Topliss-reactive ketones (excluding diaryl/α,β-unsaturated/α-hetero) is 2. The fourth-order valence-corrected chi connectivity index (χ4v) is 6.89. The molecule has 3 aliphatic rings. The number of ketones is 2. The van der Waals surface area contributed by atoms with E-state index in [1.807, 2.05) is 77.7 Å². The van der Waals surface area contributed by atoms with E-state index in [1.54, 1.807) is 42.5 Å². The van der Waals surface area contributed by atoms with E-state index >= 15 is 0 Å². The van der Waals surface area contributed by atoms with Crippen LogP contribution in [0.4, 0.5) is 11.4 Å². The lowest BCUT2D eigenvalue weighted by molar-refractivity contribution is -0.121. The van der Waals surface area contributed by atoms with Gasteiger partial charge in [0, 0.05) is 27.5 Å². The Hall–Kier alpha value is -4.48. The van der Waals surface area contributed by atoms with Crippen LogP contribution >= 0.6 is 11.6 Å². The van der Waals surface area contributed by atoms with E-state index in [0.717, 1.165) is 16.8 Å². The third kappa shape index (κ3) is 3.30. The summed E-state index contributed by atoms with van der Waals surface area (Å²) in [6.45, 7) is 0. The van der Waals surface area contributed by atoms with Gasteiger partial charge in [0.2, 0.25) is 5.91 Å². The molecule has 1 saturated heterocycles. The Kier molecular flexibility index (Phi) is 5.32. The van der Waals surface area contributed by atoms with Crippen LogP contribution in [0.15, 0.2) is 109 Å². The van der Waals surface area contributed by atoms with Crippen LogP contribution in [0.3, 0.4) is 0 Å². The number of anilines is 2. The monoisotopic (exact) mass is 530 g/mol. The summed E-state index contributed by atoms with van der Waals surface area (Å²) in [6, 6.07) is 29.4. The Balaban J connectivity index is 1.55. The van der Waals surface area contributed by atoms with Gasteiger partial charge in [-0.15, -0.1) is 0 Å². The lowest BCUT2D eigenvalue weighted by Crippen LogP contribution is -2.51. The molecule has 1 fully saturated rings. The third-order valence-electron chi connectivity index (χ3n) is 8.26. The topological polar surface area (TPSA) is 66.5 Å². The lowest BCUT2D eigenvalue weighted by Gasteiger charge is -2.37. The summed E-state index contributed by atoms with van der Waals surface area (Å²) in [6.07, 6.45) is 3.89. The van der Waals surface area contributed by atoms with Crippen molar-refractivity contribution in [1.82, 2.24) is 0 Å². The Morgan fingerprint density at radius 3 is 2.15 bits per heavy atom. The molecular weight excluding hydrogens is 508 g/mol. The van der Waals surface area contributed by atoms with Crippen molar-refractivity contribution in [3.05, 3.63) is 136 Å². The van der Waals surface area contributed by atoms with Gasteiger partial charge < -0.3 is 10.2 Å². The number of nitrogens with one attached hydrogen (secondary N) is 1. The molecule has 1 spiro atoms. The maximum atomic E-state index is 14.6. The molecule has 0 radical (unpaired) electrons. The van der Waals surface area contributed by atoms with Crippen molar-refractivity contribution in [2.45, 2.75) is 17.5 Å². The summed E-state index contributed by atoms with van der Waals surface area (Å²) in [7, 11) is 0. The molecule has 190 valence electrons. The Labute approximate surface area is 230 Å². The fourth-order valence-electron chi connectivity index (χ4n) is 6.71. The number of fused-ring (bicyclic) bond motifs is 6. The molecule has 0 unspecified atom stereocenters. The van der Waals surface area contributed by atoms with Crippen molar-refractivity contribution >= 4 is 46.5 Å². The lowest BCUT2D eigenvalue weighted by atomic mass is 9.64. The van der Waals surface area contributed by atoms with Crippen molar-refractivity contribution in [2.24, 2.45) is 5.92 Å². The van der Waals surface area contributed by atoms with Gasteiger partial charge in [0.05, 0.1) is 12.0 Å². The number of benzene rings is 4. The first-order valence-electron chi connectivity index (χ1n) is 12.9. The second kappa shape index (κ2) is 8.79. The summed E-state index contributed by atoms with van der Waals surface area (Å²) in [5.74, 6) is -1.72. The van der Waals surface area contributed by atoms with Gasteiger partial charge in [-0.25, -0.2) is 0 Å². The van der Waals surface area contributed by atoms with Crippen molar-refractivity contribution in [3.63, 3.8) is 0 Å².